The highest BCUT2D eigenvalue weighted by atomic mass is 16.5. The molecule has 0 aromatic heterocycles. The van der Waals surface area contributed by atoms with Gasteiger partial charge in [-0.15, -0.1) is 0 Å². The molecule has 1 amide bonds. The number of ether oxygens (including phenoxy) is 1. The van der Waals surface area contributed by atoms with E-state index in [-0.39, 0.29) is 18.1 Å². The molecule has 2 N–H and O–H groups in total. The first-order valence-corrected chi connectivity index (χ1v) is 7.50. The van der Waals surface area contributed by atoms with Crippen LogP contribution in [0, 0.1) is 5.92 Å². The first-order chi connectivity index (χ1) is 9.19. The molecule has 2 saturated heterocycles. The van der Waals surface area contributed by atoms with Gasteiger partial charge in [-0.2, -0.15) is 0 Å². The van der Waals surface area contributed by atoms with Gasteiger partial charge >= 0.3 is 0 Å². The molecule has 0 aliphatic carbocycles. The van der Waals surface area contributed by atoms with Crippen molar-refractivity contribution in [3.63, 3.8) is 0 Å². The van der Waals surface area contributed by atoms with Crippen molar-refractivity contribution >= 4 is 5.91 Å². The lowest BCUT2D eigenvalue weighted by atomic mass is 9.90. The van der Waals surface area contributed by atoms with Crippen molar-refractivity contribution < 1.29 is 9.53 Å². The Labute approximate surface area is 116 Å². The molecule has 3 atom stereocenters. The fourth-order valence-corrected chi connectivity index (χ4v) is 2.89. The topological polar surface area (TPSA) is 53.6 Å². The second-order valence-corrected chi connectivity index (χ2v) is 5.81. The van der Waals surface area contributed by atoms with E-state index in [4.69, 9.17) is 4.74 Å². The highest BCUT2D eigenvalue weighted by molar-refractivity contribution is 5.81. The Bertz CT molecular complexity index is 298. The molecule has 0 aromatic carbocycles. The largest absolute Gasteiger partial charge is 0.374 e. The second kappa shape index (κ2) is 7.22. The van der Waals surface area contributed by atoms with E-state index in [9.17, 15) is 4.79 Å². The highest BCUT2D eigenvalue weighted by Gasteiger charge is 2.26. The molecule has 3 unspecified atom stereocenters. The Balaban J connectivity index is 1.71. The molecule has 2 rings (SSSR count). The Hall–Kier alpha value is -0.650. The second-order valence-electron chi connectivity index (χ2n) is 5.81. The number of rotatable bonds is 4. The summed E-state index contributed by atoms with van der Waals surface area (Å²) in [5, 5.41) is 6.35. The van der Waals surface area contributed by atoms with Crippen LogP contribution in [-0.2, 0) is 9.53 Å². The number of nitrogens with zero attached hydrogens (tertiary/aromatic N) is 1. The van der Waals surface area contributed by atoms with Gasteiger partial charge in [0.25, 0.3) is 0 Å². The summed E-state index contributed by atoms with van der Waals surface area (Å²) >= 11 is 0. The first kappa shape index (κ1) is 14.8. The monoisotopic (exact) mass is 269 g/mol. The molecule has 2 fully saturated rings. The normalized spacial score (nSPS) is 33.1. The zero-order valence-electron chi connectivity index (χ0n) is 12.2. The molecule has 0 spiro atoms. The molecule has 2 aliphatic heterocycles. The minimum atomic E-state index is -0.0139. The van der Waals surface area contributed by atoms with Gasteiger partial charge in [0.15, 0.2) is 0 Å². The zero-order chi connectivity index (χ0) is 13.7. The van der Waals surface area contributed by atoms with Crippen molar-refractivity contribution in [3.8, 4) is 0 Å². The number of morpholine rings is 1. The first-order valence-electron chi connectivity index (χ1n) is 7.50. The SMILES string of the molecule is CCC1CCNC(C(=O)NCC2CN(C)CCO2)C1. The standard InChI is InChI=1S/C14H27N3O2/c1-3-11-4-5-15-13(8-11)14(18)16-9-12-10-17(2)6-7-19-12/h11-13,15H,3-10H2,1-2H3,(H,16,18). The van der Waals surface area contributed by atoms with Crippen molar-refractivity contribution in [2.75, 3.05) is 39.8 Å². The highest BCUT2D eigenvalue weighted by Crippen LogP contribution is 2.19. The Morgan fingerprint density at radius 1 is 1.53 bits per heavy atom. The number of piperidine rings is 1. The molecular weight excluding hydrogens is 242 g/mol. The number of carbonyl (C=O) groups is 1. The van der Waals surface area contributed by atoms with Crippen LogP contribution in [0.3, 0.4) is 0 Å². The Kier molecular flexibility index (Phi) is 5.60. The Morgan fingerprint density at radius 2 is 2.37 bits per heavy atom. The van der Waals surface area contributed by atoms with E-state index in [1.54, 1.807) is 0 Å². The number of nitrogens with one attached hydrogen (secondary N) is 2. The van der Waals surface area contributed by atoms with Crippen molar-refractivity contribution in [1.82, 2.24) is 15.5 Å². The van der Waals surface area contributed by atoms with Crippen LogP contribution in [-0.4, -0.2) is 62.8 Å². The van der Waals surface area contributed by atoms with Crippen LogP contribution in [0.2, 0.25) is 0 Å². The number of carbonyl (C=O) groups excluding carboxylic acids is 1. The van der Waals surface area contributed by atoms with E-state index in [1.165, 1.54) is 12.8 Å². The lowest BCUT2D eigenvalue weighted by Crippen LogP contribution is -2.52. The van der Waals surface area contributed by atoms with Gasteiger partial charge in [-0.1, -0.05) is 13.3 Å². The summed E-state index contributed by atoms with van der Waals surface area (Å²) in [7, 11) is 2.09. The molecule has 0 bridgehead atoms. The average molecular weight is 269 g/mol. The molecular formula is C14H27N3O2. The molecule has 2 aliphatic rings. The molecule has 0 saturated carbocycles. The van der Waals surface area contributed by atoms with E-state index in [1.807, 2.05) is 0 Å². The number of hydrogen-bond donors (Lipinski definition) is 2. The molecule has 0 radical (unpaired) electrons. The molecule has 5 nitrogen and oxygen atoms in total. The van der Waals surface area contributed by atoms with Crippen LogP contribution in [0.15, 0.2) is 0 Å². The van der Waals surface area contributed by atoms with Gasteiger partial charge in [0.05, 0.1) is 18.8 Å². The van der Waals surface area contributed by atoms with Crippen LogP contribution in [0.4, 0.5) is 0 Å². The van der Waals surface area contributed by atoms with Crippen molar-refractivity contribution in [1.29, 1.82) is 0 Å². The minimum absolute atomic E-state index is 0.0139. The van der Waals surface area contributed by atoms with Crippen LogP contribution in [0.1, 0.15) is 26.2 Å². The van der Waals surface area contributed by atoms with Crippen molar-refractivity contribution in [3.05, 3.63) is 0 Å². The molecule has 110 valence electrons. The lowest BCUT2D eigenvalue weighted by molar-refractivity contribution is -0.125. The van der Waals surface area contributed by atoms with Gasteiger partial charge in [-0.3, -0.25) is 4.79 Å². The maximum atomic E-state index is 12.1. The average Bonchev–Trinajstić information content (AvgIpc) is 2.45. The molecule has 0 aromatic rings. The maximum Gasteiger partial charge on any atom is 0.237 e. The van der Waals surface area contributed by atoms with Gasteiger partial charge < -0.3 is 20.3 Å². The van der Waals surface area contributed by atoms with Crippen LogP contribution in [0.25, 0.3) is 0 Å². The summed E-state index contributed by atoms with van der Waals surface area (Å²) in [6.45, 7) is 6.42. The van der Waals surface area contributed by atoms with Crippen LogP contribution < -0.4 is 10.6 Å². The molecule has 5 heteroatoms. The summed E-state index contributed by atoms with van der Waals surface area (Å²) in [6.07, 6.45) is 3.46. The van der Waals surface area contributed by atoms with E-state index in [0.717, 1.165) is 32.7 Å². The number of hydrogen-bond acceptors (Lipinski definition) is 4. The quantitative estimate of drug-likeness (QED) is 0.766. The van der Waals surface area contributed by atoms with Crippen LogP contribution >= 0.6 is 0 Å². The third-order valence-corrected chi connectivity index (χ3v) is 4.25. The summed E-state index contributed by atoms with van der Waals surface area (Å²) in [6, 6.07) is -0.0139. The summed E-state index contributed by atoms with van der Waals surface area (Å²) in [4.78, 5) is 14.4. The predicted octanol–water partition coefficient (Wildman–Crippen LogP) is 0.211. The molecule has 19 heavy (non-hydrogen) atoms. The third-order valence-electron chi connectivity index (χ3n) is 4.25. The number of amides is 1. The minimum Gasteiger partial charge on any atom is -0.374 e. The fourth-order valence-electron chi connectivity index (χ4n) is 2.89. The van der Waals surface area contributed by atoms with E-state index in [2.05, 4.69) is 29.5 Å². The fraction of sp³-hybridized carbons (Fsp3) is 0.929. The van der Waals surface area contributed by atoms with E-state index in [0.29, 0.717) is 12.5 Å². The zero-order valence-corrected chi connectivity index (χ0v) is 12.2. The third kappa shape index (κ3) is 4.44. The van der Waals surface area contributed by atoms with Gasteiger partial charge in [0.1, 0.15) is 0 Å². The predicted molar refractivity (Wildman–Crippen MR) is 75.1 cm³/mol. The summed E-state index contributed by atoms with van der Waals surface area (Å²) in [5.74, 6) is 0.823. The van der Waals surface area contributed by atoms with Gasteiger partial charge in [0.2, 0.25) is 5.91 Å². The van der Waals surface area contributed by atoms with E-state index < -0.39 is 0 Å². The van der Waals surface area contributed by atoms with Crippen LogP contribution in [0.5, 0.6) is 0 Å². The molecule has 2 heterocycles. The van der Waals surface area contributed by atoms with Gasteiger partial charge in [-0.25, -0.2) is 0 Å². The van der Waals surface area contributed by atoms with Gasteiger partial charge in [-0.05, 0) is 32.4 Å². The van der Waals surface area contributed by atoms with Gasteiger partial charge in [0, 0.05) is 19.6 Å². The smallest absolute Gasteiger partial charge is 0.237 e. The van der Waals surface area contributed by atoms with Crippen molar-refractivity contribution in [2.24, 2.45) is 5.92 Å². The Morgan fingerprint density at radius 3 is 3.11 bits per heavy atom. The summed E-state index contributed by atoms with van der Waals surface area (Å²) in [5.41, 5.74) is 0. The van der Waals surface area contributed by atoms with E-state index >= 15 is 0 Å². The lowest BCUT2D eigenvalue weighted by Gasteiger charge is -2.32. The number of likely N-dealkylation sites (N-methyl/N-ethyl adjacent to an activating group) is 1. The van der Waals surface area contributed by atoms with Crippen molar-refractivity contribution in [2.45, 2.75) is 38.3 Å². The summed E-state index contributed by atoms with van der Waals surface area (Å²) < 4.78 is 5.65. The maximum absolute atomic E-state index is 12.1.